The normalized spacial score (nSPS) is 28.4. The molecular weight excluding hydrogens is 293 g/mol. The summed E-state index contributed by atoms with van der Waals surface area (Å²) in [6.45, 7) is 7.38. The molecule has 2 aliphatic heterocycles. The Morgan fingerprint density at radius 2 is 2.09 bits per heavy atom. The van der Waals surface area contributed by atoms with Gasteiger partial charge in [-0.1, -0.05) is 6.92 Å². The van der Waals surface area contributed by atoms with Gasteiger partial charge < -0.3 is 15.2 Å². The van der Waals surface area contributed by atoms with Crippen LogP contribution in [0.4, 0.5) is 13.2 Å². The Bertz CT molecular complexity index is 497. The first kappa shape index (κ1) is 15.8. The summed E-state index contributed by atoms with van der Waals surface area (Å²) in [7, 11) is 0. The third-order valence-electron chi connectivity index (χ3n) is 4.94. The van der Waals surface area contributed by atoms with E-state index in [-0.39, 0.29) is 5.92 Å². The Morgan fingerprint density at radius 3 is 2.64 bits per heavy atom. The fourth-order valence-electron chi connectivity index (χ4n) is 3.60. The van der Waals surface area contributed by atoms with Gasteiger partial charge in [0.05, 0.1) is 6.20 Å². The highest BCUT2D eigenvalue weighted by Crippen LogP contribution is 2.33. The van der Waals surface area contributed by atoms with Crippen molar-refractivity contribution in [3.05, 3.63) is 17.7 Å². The molecule has 124 valence electrons. The number of likely N-dealkylation sites (tertiary alicyclic amines) is 1. The summed E-state index contributed by atoms with van der Waals surface area (Å²) in [5.74, 6) is 0.600. The number of aromatic nitrogens is 2. The molecule has 0 aromatic carbocycles. The summed E-state index contributed by atoms with van der Waals surface area (Å²) in [5.41, 5.74) is -0.407. The molecule has 7 heteroatoms. The molecule has 0 radical (unpaired) electrons. The van der Waals surface area contributed by atoms with Gasteiger partial charge in [0.25, 0.3) is 0 Å². The van der Waals surface area contributed by atoms with Crippen molar-refractivity contribution in [2.45, 2.75) is 38.3 Å². The zero-order chi connectivity index (χ0) is 15.8. The van der Waals surface area contributed by atoms with Gasteiger partial charge in [0.1, 0.15) is 11.5 Å². The van der Waals surface area contributed by atoms with Crippen molar-refractivity contribution in [3.63, 3.8) is 0 Å². The molecule has 1 atom stereocenters. The Kier molecular flexibility index (Phi) is 4.20. The van der Waals surface area contributed by atoms with Crippen LogP contribution in [0, 0.1) is 5.41 Å². The number of nitrogens with one attached hydrogen (secondary N) is 2. The lowest BCUT2D eigenvalue weighted by molar-refractivity contribution is -0.141. The Labute approximate surface area is 128 Å². The molecule has 0 amide bonds. The lowest BCUT2D eigenvalue weighted by Gasteiger charge is -2.36. The third-order valence-corrected chi connectivity index (χ3v) is 4.94. The fourth-order valence-corrected chi connectivity index (χ4v) is 3.60. The average molecular weight is 316 g/mol. The van der Waals surface area contributed by atoms with Crippen molar-refractivity contribution in [3.8, 4) is 0 Å². The Hall–Kier alpha value is -1.08. The lowest BCUT2D eigenvalue weighted by Crippen LogP contribution is -2.41. The molecule has 1 unspecified atom stereocenters. The van der Waals surface area contributed by atoms with E-state index >= 15 is 0 Å². The van der Waals surface area contributed by atoms with Crippen LogP contribution in [0.5, 0.6) is 0 Å². The van der Waals surface area contributed by atoms with Gasteiger partial charge in [0.2, 0.25) is 0 Å². The van der Waals surface area contributed by atoms with Crippen molar-refractivity contribution in [1.29, 1.82) is 0 Å². The van der Waals surface area contributed by atoms with Gasteiger partial charge in [-0.2, -0.15) is 13.2 Å². The van der Waals surface area contributed by atoms with E-state index in [4.69, 9.17) is 0 Å². The number of halogens is 3. The maximum absolute atomic E-state index is 12.6. The van der Waals surface area contributed by atoms with Crippen LogP contribution in [-0.2, 0) is 6.18 Å². The minimum atomic E-state index is -4.34. The van der Waals surface area contributed by atoms with E-state index in [1.165, 1.54) is 6.42 Å². The summed E-state index contributed by atoms with van der Waals surface area (Å²) in [5, 5.41) is 3.41. The molecule has 3 rings (SSSR count). The average Bonchev–Trinajstić information content (AvgIpc) is 3.08. The molecule has 2 N–H and O–H groups in total. The summed E-state index contributed by atoms with van der Waals surface area (Å²) in [4.78, 5) is 8.84. The molecule has 4 nitrogen and oxygen atoms in total. The summed E-state index contributed by atoms with van der Waals surface area (Å²) >= 11 is 0. The number of alkyl halides is 3. The standard InChI is InChI=1S/C15H23F3N4/c1-14(4-5-19-9-14)10-22-6-2-11(3-7-22)13-20-8-12(21-13)15(16,17)18/h8,11,19H,2-7,9-10H2,1H3,(H,20,21). The van der Waals surface area contributed by atoms with E-state index in [2.05, 4.69) is 27.1 Å². The molecule has 2 fully saturated rings. The summed E-state index contributed by atoms with van der Waals surface area (Å²) < 4.78 is 37.8. The molecule has 0 aliphatic carbocycles. The Balaban J connectivity index is 1.54. The number of hydrogen-bond acceptors (Lipinski definition) is 3. The monoisotopic (exact) mass is 316 g/mol. The topological polar surface area (TPSA) is 44.0 Å². The zero-order valence-corrected chi connectivity index (χ0v) is 12.8. The fraction of sp³-hybridized carbons (Fsp3) is 0.800. The number of imidazole rings is 1. The van der Waals surface area contributed by atoms with Gasteiger partial charge in [-0.3, -0.25) is 0 Å². The largest absolute Gasteiger partial charge is 0.432 e. The summed E-state index contributed by atoms with van der Waals surface area (Å²) in [6, 6.07) is 0. The van der Waals surface area contributed by atoms with E-state index < -0.39 is 11.9 Å². The summed E-state index contributed by atoms with van der Waals surface area (Å²) in [6.07, 6.45) is -0.494. The highest BCUT2D eigenvalue weighted by molar-refractivity contribution is 5.09. The maximum Gasteiger partial charge on any atom is 0.432 e. The van der Waals surface area contributed by atoms with Crippen molar-refractivity contribution in [2.24, 2.45) is 5.41 Å². The first-order valence-corrected chi connectivity index (χ1v) is 7.91. The van der Waals surface area contributed by atoms with E-state index in [0.29, 0.717) is 11.2 Å². The highest BCUT2D eigenvalue weighted by Gasteiger charge is 2.35. The van der Waals surface area contributed by atoms with Crippen LogP contribution in [0.15, 0.2) is 6.20 Å². The van der Waals surface area contributed by atoms with E-state index in [1.54, 1.807) is 0 Å². The van der Waals surface area contributed by atoms with Crippen molar-refractivity contribution < 1.29 is 13.2 Å². The van der Waals surface area contributed by atoms with E-state index in [0.717, 1.165) is 51.8 Å². The molecule has 1 aromatic heterocycles. The SMILES string of the molecule is CC1(CN2CCC(c3ncc(C(F)(F)F)[nH]3)CC2)CCNC1. The molecule has 22 heavy (non-hydrogen) atoms. The number of rotatable bonds is 3. The number of hydrogen-bond donors (Lipinski definition) is 2. The van der Waals surface area contributed by atoms with Crippen molar-refractivity contribution in [1.82, 2.24) is 20.2 Å². The predicted molar refractivity (Wildman–Crippen MR) is 77.6 cm³/mol. The highest BCUT2D eigenvalue weighted by atomic mass is 19.4. The van der Waals surface area contributed by atoms with Crippen LogP contribution in [-0.4, -0.2) is 47.6 Å². The van der Waals surface area contributed by atoms with Crippen molar-refractivity contribution >= 4 is 0 Å². The van der Waals surface area contributed by atoms with E-state index in [9.17, 15) is 13.2 Å². The third kappa shape index (κ3) is 3.46. The molecule has 0 spiro atoms. The second kappa shape index (κ2) is 5.85. The number of aromatic amines is 1. The van der Waals surface area contributed by atoms with Crippen LogP contribution in [0.2, 0.25) is 0 Å². The molecule has 3 heterocycles. The molecule has 0 saturated carbocycles. The lowest BCUT2D eigenvalue weighted by atomic mass is 9.87. The van der Waals surface area contributed by atoms with Gasteiger partial charge in [-0.25, -0.2) is 4.98 Å². The van der Waals surface area contributed by atoms with Gasteiger partial charge in [-0.05, 0) is 44.3 Å². The molecule has 2 aliphatic rings. The van der Waals surface area contributed by atoms with Crippen LogP contribution in [0.3, 0.4) is 0 Å². The number of piperidine rings is 1. The number of nitrogens with zero attached hydrogens (tertiary/aromatic N) is 2. The first-order chi connectivity index (χ1) is 10.4. The van der Waals surface area contributed by atoms with Gasteiger partial charge in [-0.15, -0.1) is 0 Å². The minimum Gasteiger partial charge on any atom is -0.338 e. The zero-order valence-electron chi connectivity index (χ0n) is 12.8. The second-order valence-corrected chi connectivity index (χ2v) is 6.97. The van der Waals surface area contributed by atoms with E-state index in [1.807, 2.05) is 0 Å². The van der Waals surface area contributed by atoms with Gasteiger partial charge >= 0.3 is 6.18 Å². The number of H-pyrrole nitrogens is 1. The second-order valence-electron chi connectivity index (χ2n) is 6.97. The Morgan fingerprint density at radius 1 is 1.36 bits per heavy atom. The van der Waals surface area contributed by atoms with Crippen LogP contribution < -0.4 is 5.32 Å². The van der Waals surface area contributed by atoms with Crippen LogP contribution >= 0.6 is 0 Å². The van der Waals surface area contributed by atoms with Gasteiger partial charge in [0.15, 0.2) is 0 Å². The molecular formula is C15H23F3N4. The molecule has 0 bridgehead atoms. The molecule has 1 aromatic rings. The smallest absolute Gasteiger partial charge is 0.338 e. The first-order valence-electron chi connectivity index (χ1n) is 7.91. The quantitative estimate of drug-likeness (QED) is 0.901. The van der Waals surface area contributed by atoms with Crippen molar-refractivity contribution in [2.75, 3.05) is 32.7 Å². The van der Waals surface area contributed by atoms with Gasteiger partial charge in [0, 0.05) is 19.0 Å². The molecule has 2 saturated heterocycles. The predicted octanol–water partition coefficient (Wildman–Crippen LogP) is 2.61. The maximum atomic E-state index is 12.6. The van der Waals surface area contributed by atoms with Crippen LogP contribution in [0.1, 0.15) is 43.6 Å². The van der Waals surface area contributed by atoms with Crippen LogP contribution in [0.25, 0.3) is 0 Å². The minimum absolute atomic E-state index is 0.113.